The molecule has 1 aliphatic heterocycles. The zero-order chi connectivity index (χ0) is 24.1. The van der Waals surface area contributed by atoms with Gasteiger partial charge >= 0.3 is 5.97 Å². The van der Waals surface area contributed by atoms with Crippen molar-refractivity contribution >= 4 is 17.3 Å². The van der Waals surface area contributed by atoms with Crippen molar-refractivity contribution in [2.75, 3.05) is 7.11 Å². The van der Waals surface area contributed by atoms with E-state index in [0.29, 0.717) is 12.2 Å². The van der Waals surface area contributed by atoms with Gasteiger partial charge in [0.1, 0.15) is 24.2 Å². The molecule has 0 saturated heterocycles. The van der Waals surface area contributed by atoms with Crippen molar-refractivity contribution in [3.05, 3.63) is 58.7 Å². The molecule has 4 aromatic rings. The molecule has 3 aromatic heterocycles. The van der Waals surface area contributed by atoms with Crippen LogP contribution in [0.3, 0.4) is 0 Å². The van der Waals surface area contributed by atoms with Gasteiger partial charge in [-0.2, -0.15) is 16.4 Å². The Bertz CT molecular complexity index is 1410. The molecular formula is C26H26N4O4S. The van der Waals surface area contributed by atoms with E-state index < -0.39 is 5.97 Å². The number of methoxy groups -OCH3 is 1. The van der Waals surface area contributed by atoms with Gasteiger partial charge < -0.3 is 24.5 Å². The largest absolute Gasteiger partial charge is 0.496 e. The molecule has 0 radical (unpaired) electrons. The molecule has 1 fully saturated rings. The van der Waals surface area contributed by atoms with Crippen molar-refractivity contribution in [2.24, 2.45) is 12.8 Å². The highest BCUT2D eigenvalue weighted by Gasteiger charge is 2.34. The van der Waals surface area contributed by atoms with Crippen molar-refractivity contribution in [1.29, 1.82) is 0 Å². The highest BCUT2D eigenvalue weighted by atomic mass is 32.1. The topological polar surface area (TPSA) is 93.5 Å². The number of carbonyl (C=O) groups excluding carboxylic acids is 1. The number of hydrogen-bond acceptors (Lipinski definition) is 7. The first-order valence-corrected chi connectivity index (χ1v) is 12.5. The second kappa shape index (κ2) is 8.58. The first-order chi connectivity index (χ1) is 17.0. The molecule has 9 heteroatoms. The maximum Gasteiger partial charge on any atom is 0.359 e. The Balaban J connectivity index is 1.49. The Hall–Kier alpha value is -3.56. The van der Waals surface area contributed by atoms with E-state index in [9.17, 15) is 4.79 Å². The van der Waals surface area contributed by atoms with Crippen LogP contribution in [0.2, 0.25) is 0 Å². The maximum absolute atomic E-state index is 13.3. The van der Waals surface area contributed by atoms with E-state index >= 15 is 0 Å². The number of hydrogen-bond donors (Lipinski definition) is 1. The Labute approximate surface area is 206 Å². The minimum absolute atomic E-state index is 0.0756. The maximum atomic E-state index is 13.3. The SMILES string of the molecule is COc1cc2c(cc1-c1ccn(C)c1)-c1c(c(C(=O)OC3CC[C@H](N)C3)nn1-c1ccsc1)CO2. The van der Waals surface area contributed by atoms with Gasteiger partial charge in [-0.15, -0.1) is 0 Å². The third-order valence-corrected chi connectivity index (χ3v) is 7.37. The Kier molecular flexibility index (Phi) is 5.38. The molecule has 1 saturated carbocycles. The average molecular weight is 491 g/mol. The summed E-state index contributed by atoms with van der Waals surface area (Å²) in [4.78, 5) is 13.3. The van der Waals surface area contributed by atoms with Crippen LogP contribution in [0.1, 0.15) is 35.3 Å². The molecule has 2 N–H and O–H groups in total. The smallest absolute Gasteiger partial charge is 0.359 e. The molecule has 0 spiro atoms. The molecule has 1 unspecified atom stereocenters. The number of aryl methyl sites for hydroxylation is 1. The van der Waals surface area contributed by atoms with Gasteiger partial charge in [0.25, 0.3) is 0 Å². The van der Waals surface area contributed by atoms with Gasteiger partial charge in [0, 0.05) is 53.6 Å². The van der Waals surface area contributed by atoms with Crippen LogP contribution < -0.4 is 15.2 Å². The van der Waals surface area contributed by atoms with Gasteiger partial charge in [0.05, 0.1) is 24.1 Å². The summed E-state index contributed by atoms with van der Waals surface area (Å²) in [6.07, 6.45) is 6.18. The number of benzene rings is 1. The average Bonchev–Trinajstić information content (AvgIpc) is 3.65. The number of thiophene rings is 1. The Morgan fingerprint density at radius 1 is 1.26 bits per heavy atom. The second-order valence-electron chi connectivity index (χ2n) is 9.07. The number of nitrogens with zero attached hydrogens (tertiary/aromatic N) is 3. The summed E-state index contributed by atoms with van der Waals surface area (Å²) in [5.74, 6) is 0.975. The van der Waals surface area contributed by atoms with Gasteiger partial charge in [0.15, 0.2) is 5.69 Å². The second-order valence-corrected chi connectivity index (χ2v) is 9.85. The molecule has 6 rings (SSSR count). The molecular weight excluding hydrogens is 464 g/mol. The first-order valence-electron chi connectivity index (χ1n) is 11.6. The molecule has 1 aliphatic carbocycles. The van der Waals surface area contributed by atoms with Crippen LogP contribution in [-0.4, -0.2) is 39.6 Å². The Morgan fingerprint density at radius 2 is 2.14 bits per heavy atom. The molecule has 2 atom stereocenters. The lowest BCUT2D eigenvalue weighted by Crippen LogP contribution is -2.21. The molecule has 2 aliphatic rings. The summed E-state index contributed by atoms with van der Waals surface area (Å²) < 4.78 is 21.5. The number of nitrogens with two attached hydrogens (primary N) is 1. The zero-order valence-electron chi connectivity index (χ0n) is 19.6. The minimum atomic E-state index is -0.432. The third-order valence-electron chi connectivity index (χ3n) is 6.70. The fourth-order valence-electron chi connectivity index (χ4n) is 4.95. The minimum Gasteiger partial charge on any atom is -0.496 e. The van der Waals surface area contributed by atoms with Gasteiger partial charge in [-0.25, -0.2) is 9.48 Å². The monoisotopic (exact) mass is 490 g/mol. The van der Waals surface area contributed by atoms with E-state index in [-0.39, 0.29) is 24.4 Å². The standard InChI is InChI=1S/C26H26N4O4S/c1-29-7-5-15(12-29)19-10-20-23(11-22(19)32-2)33-13-21-24(26(31)34-18-4-3-16(27)9-18)28-30(25(20)21)17-6-8-35-14-17/h5-8,10-12,14,16,18H,3-4,9,13,27H2,1-2H3/t16-,18?/m0/s1. The number of aromatic nitrogens is 3. The number of esters is 1. The normalized spacial score (nSPS) is 18.6. The van der Waals surface area contributed by atoms with Crippen molar-refractivity contribution in [2.45, 2.75) is 38.0 Å². The van der Waals surface area contributed by atoms with Crippen LogP contribution in [0.4, 0.5) is 0 Å². The fraction of sp³-hybridized carbons (Fsp3) is 0.308. The number of rotatable bonds is 5. The molecule has 1 aromatic carbocycles. The van der Waals surface area contributed by atoms with E-state index in [4.69, 9.17) is 25.0 Å². The summed E-state index contributed by atoms with van der Waals surface area (Å²) in [7, 11) is 3.64. The zero-order valence-corrected chi connectivity index (χ0v) is 20.4. The van der Waals surface area contributed by atoms with E-state index in [1.165, 1.54) is 0 Å². The first kappa shape index (κ1) is 21.9. The van der Waals surface area contributed by atoms with E-state index in [1.807, 2.05) is 57.6 Å². The lowest BCUT2D eigenvalue weighted by atomic mass is 9.97. The Morgan fingerprint density at radius 3 is 2.83 bits per heavy atom. The van der Waals surface area contributed by atoms with E-state index in [2.05, 4.69) is 6.07 Å². The predicted octanol–water partition coefficient (Wildman–Crippen LogP) is 4.54. The van der Waals surface area contributed by atoms with Gasteiger partial charge in [-0.05, 0) is 42.8 Å². The fourth-order valence-corrected chi connectivity index (χ4v) is 5.57. The number of ether oxygens (including phenoxy) is 3. The number of fused-ring (bicyclic) bond motifs is 3. The van der Waals surface area contributed by atoms with Crippen LogP contribution in [0.25, 0.3) is 28.1 Å². The summed E-state index contributed by atoms with van der Waals surface area (Å²) in [5.41, 5.74) is 11.6. The van der Waals surface area contributed by atoms with Crippen molar-refractivity contribution in [3.63, 3.8) is 0 Å². The van der Waals surface area contributed by atoms with Gasteiger partial charge in [0.2, 0.25) is 0 Å². The van der Waals surface area contributed by atoms with Gasteiger partial charge in [-0.1, -0.05) is 0 Å². The van der Waals surface area contributed by atoms with Crippen LogP contribution in [0.5, 0.6) is 11.5 Å². The van der Waals surface area contributed by atoms with Crippen LogP contribution >= 0.6 is 11.3 Å². The summed E-state index contributed by atoms with van der Waals surface area (Å²) in [5, 5.41) is 8.75. The van der Waals surface area contributed by atoms with Crippen molar-refractivity contribution in [1.82, 2.24) is 14.3 Å². The lowest BCUT2D eigenvalue weighted by Gasteiger charge is -2.22. The van der Waals surface area contributed by atoms with Gasteiger partial charge in [-0.3, -0.25) is 0 Å². The molecule has 35 heavy (non-hydrogen) atoms. The molecule has 4 heterocycles. The number of carbonyl (C=O) groups is 1. The van der Waals surface area contributed by atoms with Crippen LogP contribution in [0, 0.1) is 0 Å². The molecule has 0 bridgehead atoms. The van der Waals surface area contributed by atoms with Crippen molar-refractivity contribution < 1.29 is 19.0 Å². The quantitative estimate of drug-likeness (QED) is 0.413. The molecule has 8 nitrogen and oxygen atoms in total. The molecule has 0 amide bonds. The summed E-state index contributed by atoms with van der Waals surface area (Å²) in [6, 6.07) is 8.06. The van der Waals surface area contributed by atoms with Crippen molar-refractivity contribution in [3.8, 4) is 39.6 Å². The lowest BCUT2D eigenvalue weighted by molar-refractivity contribution is 0.0305. The summed E-state index contributed by atoms with van der Waals surface area (Å²) in [6.45, 7) is 0.217. The third kappa shape index (κ3) is 3.81. The summed E-state index contributed by atoms with van der Waals surface area (Å²) >= 11 is 1.57. The van der Waals surface area contributed by atoms with E-state index in [0.717, 1.165) is 52.2 Å². The predicted molar refractivity (Wildman–Crippen MR) is 133 cm³/mol. The van der Waals surface area contributed by atoms with E-state index in [1.54, 1.807) is 18.4 Å². The van der Waals surface area contributed by atoms with Crippen LogP contribution in [0.15, 0.2) is 47.4 Å². The highest BCUT2D eigenvalue weighted by molar-refractivity contribution is 7.08. The highest BCUT2D eigenvalue weighted by Crippen LogP contribution is 2.46. The molecule has 180 valence electrons. The van der Waals surface area contributed by atoms with Crippen LogP contribution in [-0.2, 0) is 18.4 Å².